The minimum Gasteiger partial charge on any atom is -0.494 e. The molecular formula is C12H15BrFNO2. The third kappa shape index (κ3) is 3.70. The minimum absolute atomic E-state index is 0.143. The number of amides is 1. The SMILES string of the molecule is COc1ccc(C(=O)N(C)CCCBr)cc1F. The standard InChI is InChI=1S/C12H15BrFNO2/c1-15(7-3-6-13)12(16)9-4-5-11(17-2)10(14)8-9/h4-5,8H,3,6-7H2,1-2H3. The van der Waals surface area contributed by atoms with Crippen LogP contribution in [-0.4, -0.2) is 36.8 Å². The van der Waals surface area contributed by atoms with E-state index in [1.807, 2.05) is 0 Å². The number of halogens is 2. The van der Waals surface area contributed by atoms with Crippen LogP contribution >= 0.6 is 15.9 Å². The number of carbonyl (C=O) groups excluding carboxylic acids is 1. The minimum atomic E-state index is -0.521. The van der Waals surface area contributed by atoms with Crippen LogP contribution in [0.3, 0.4) is 0 Å². The summed E-state index contributed by atoms with van der Waals surface area (Å²) in [5.74, 6) is -0.565. The van der Waals surface area contributed by atoms with Gasteiger partial charge in [-0.25, -0.2) is 4.39 Å². The maximum Gasteiger partial charge on any atom is 0.253 e. The van der Waals surface area contributed by atoms with E-state index >= 15 is 0 Å². The lowest BCUT2D eigenvalue weighted by atomic mass is 10.2. The van der Waals surface area contributed by atoms with Gasteiger partial charge < -0.3 is 9.64 Å². The second-order valence-corrected chi connectivity index (χ2v) is 4.41. The van der Waals surface area contributed by atoms with Crippen molar-refractivity contribution in [3.05, 3.63) is 29.6 Å². The Hall–Kier alpha value is -1.10. The van der Waals surface area contributed by atoms with E-state index in [1.54, 1.807) is 18.0 Å². The van der Waals surface area contributed by atoms with Crippen LogP contribution in [0.4, 0.5) is 4.39 Å². The summed E-state index contributed by atoms with van der Waals surface area (Å²) in [7, 11) is 3.09. The summed E-state index contributed by atoms with van der Waals surface area (Å²) in [6, 6.07) is 4.22. The van der Waals surface area contributed by atoms with Crippen molar-refractivity contribution in [2.24, 2.45) is 0 Å². The van der Waals surface area contributed by atoms with Gasteiger partial charge >= 0.3 is 0 Å². The van der Waals surface area contributed by atoms with E-state index in [4.69, 9.17) is 4.74 Å². The molecule has 0 fully saturated rings. The number of alkyl halides is 1. The topological polar surface area (TPSA) is 29.5 Å². The Kier molecular flexibility index (Phi) is 5.41. The van der Waals surface area contributed by atoms with Gasteiger partial charge in [-0.1, -0.05) is 15.9 Å². The molecule has 0 saturated carbocycles. The Balaban J connectivity index is 2.78. The highest BCUT2D eigenvalue weighted by atomic mass is 79.9. The number of hydrogen-bond donors (Lipinski definition) is 0. The van der Waals surface area contributed by atoms with Crippen LogP contribution in [0.2, 0.25) is 0 Å². The number of benzene rings is 1. The van der Waals surface area contributed by atoms with Crippen molar-refractivity contribution in [3.63, 3.8) is 0 Å². The predicted molar refractivity (Wildman–Crippen MR) is 68.3 cm³/mol. The molecule has 0 radical (unpaired) electrons. The number of hydrogen-bond acceptors (Lipinski definition) is 2. The lowest BCUT2D eigenvalue weighted by Crippen LogP contribution is -2.28. The summed E-state index contributed by atoms with van der Waals surface area (Å²) in [6.45, 7) is 0.637. The van der Waals surface area contributed by atoms with E-state index in [9.17, 15) is 9.18 Å². The molecule has 5 heteroatoms. The molecular weight excluding hydrogens is 289 g/mol. The van der Waals surface area contributed by atoms with Gasteiger partial charge in [0.1, 0.15) is 0 Å². The van der Waals surface area contributed by atoms with Crippen molar-refractivity contribution in [3.8, 4) is 5.75 Å². The molecule has 17 heavy (non-hydrogen) atoms. The molecule has 0 heterocycles. The van der Waals surface area contributed by atoms with E-state index in [0.29, 0.717) is 12.1 Å². The lowest BCUT2D eigenvalue weighted by Gasteiger charge is -2.16. The fourth-order valence-corrected chi connectivity index (χ4v) is 1.67. The molecule has 3 nitrogen and oxygen atoms in total. The molecule has 0 atom stereocenters. The van der Waals surface area contributed by atoms with E-state index in [-0.39, 0.29) is 11.7 Å². The normalized spacial score (nSPS) is 10.1. The summed E-state index contributed by atoms with van der Waals surface area (Å²) in [5, 5.41) is 0.835. The van der Waals surface area contributed by atoms with Gasteiger partial charge in [-0.3, -0.25) is 4.79 Å². The molecule has 0 aliphatic carbocycles. The van der Waals surface area contributed by atoms with Gasteiger partial charge in [0.25, 0.3) is 5.91 Å². The van der Waals surface area contributed by atoms with Crippen molar-refractivity contribution in [1.29, 1.82) is 0 Å². The number of ether oxygens (including phenoxy) is 1. The Morgan fingerprint density at radius 2 is 2.24 bits per heavy atom. The molecule has 0 bridgehead atoms. The van der Waals surface area contributed by atoms with Gasteiger partial charge in [0, 0.05) is 24.5 Å². The molecule has 1 rings (SSSR count). The molecule has 0 spiro atoms. The van der Waals surface area contributed by atoms with Crippen molar-refractivity contribution in [2.45, 2.75) is 6.42 Å². The van der Waals surface area contributed by atoms with Crippen molar-refractivity contribution >= 4 is 21.8 Å². The molecule has 0 aliphatic rings. The van der Waals surface area contributed by atoms with Crippen LogP contribution < -0.4 is 4.74 Å². The number of carbonyl (C=O) groups is 1. The number of methoxy groups -OCH3 is 1. The third-order valence-electron chi connectivity index (χ3n) is 2.37. The first kappa shape index (κ1) is 14.0. The fourth-order valence-electron chi connectivity index (χ4n) is 1.42. The Morgan fingerprint density at radius 1 is 1.53 bits per heavy atom. The Labute approximate surface area is 109 Å². The zero-order valence-electron chi connectivity index (χ0n) is 9.87. The van der Waals surface area contributed by atoms with Crippen LogP contribution in [0, 0.1) is 5.82 Å². The highest BCUT2D eigenvalue weighted by molar-refractivity contribution is 9.09. The summed E-state index contributed by atoms with van der Waals surface area (Å²) in [5.41, 5.74) is 0.334. The van der Waals surface area contributed by atoms with Crippen LogP contribution in [0.1, 0.15) is 16.8 Å². The first-order valence-electron chi connectivity index (χ1n) is 5.25. The zero-order chi connectivity index (χ0) is 12.8. The summed E-state index contributed by atoms with van der Waals surface area (Å²) in [6.07, 6.45) is 0.862. The second kappa shape index (κ2) is 6.59. The van der Waals surface area contributed by atoms with Crippen LogP contribution in [-0.2, 0) is 0 Å². The molecule has 0 saturated heterocycles. The summed E-state index contributed by atoms with van der Waals surface area (Å²) < 4.78 is 18.2. The van der Waals surface area contributed by atoms with Gasteiger partial charge in [0.2, 0.25) is 0 Å². The quantitative estimate of drug-likeness (QED) is 0.783. The average molecular weight is 304 g/mol. The van der Waals surface area contributed by atoms with E-state index in [0.717, 1.165) is 11.8 Å². The molecule has 1 amide bonds. The van der Waals surface area contributed by atoms with Crippen molar-refractivity contribution < 1.29 is 13.9 Å². The van der Waals surface area contributed by atoms with Gasteiger partial charge in [0.15, 0.2) is 11.6 Å². The molecule has 1 aromatic rings. The summed E-state index contributed by atoms with van der Waals surface area (Å²) >= 11 is 3.30. The Bertz CT molecular complexity index is 398. The van der Waals surface area contributed by atoms with Gasteiger partial charge in [-0.2, -0.15) is 0 Å². The molecule has 0 aromatic heterocycles. The fraction of sp³-hybridized carbons (Fsp3) is 0.417. The largest absolute Gasteiger partial charge is 0.494 e. The molecule has 0 unspecified atom stereocenters. The molecule has 1 aromatic carbocycles. The van der Waals surface area contributed by atoms with Crippen LogP contribution in [0.5, 0.6) is 5.75 Å². The maximum atomic E-state index is 13.4. The van der Waals surface area contributed by atoms with Crippen LogP contribution in [0.15, 0.2) is 18.2 Å². The third-order valence-corrected chi connectivity index (χ3v) is 2.93. The highest BCUT2D eigenvalue weighted by Crippen LogP contribution is 2.18. The number of nitrogens with zero attached hydrogens (tertiary/aromatic N) is 1. The maximum absolute atomic E-state index is 13.4. The van der Waals surface area contributed by atoms with E-state index in [2.05, 4.69) is 15.9 Å². The molecule has 0 N–H and O–H groups in total. The monoisotopic (exact) mass is 303 g/mol. The average Bonchev–Trinajstić information content (AvgIpc) is 2.34. The smallest absolute Gasteiger partial charge is 0.253 e. The van der Waals surface area contributed by atoms with E-state index in [1.165, 1.54) is 19.2 Å². The van der Waals surface area contributed by atoms with E-state index < -0.39 is 5.82 Å². The number of rotatable bonds is 5. The predicted octanol–water partition coefficient (Wildman–Crippen LogP) is 2.69. The first-order chi connectivity index (χ1) is 8.10. The second-order valence-electron chi connectivity index (χ2n) is 3.62. The first-order valence-corrected chi connectivity index (χ1v) is 6.37. The van der Waals surface area contributed by atoms with Crippen molar-refractivity contribution in [2.75, 3.05) is 26.0 Å². The van der Waals surface area contributed by atoms with Crippen LogP contribution in [0.25, 0.3) is 0 Å². The zero-order valence-corrected chi connectivity index (χ0v) is 11.5. The van der Waals surface area contributed by atoms with Gasteiger partial charge in [-0.05, 0) is 24.6 Å². The lowest BCUT2D eigenvalue weighted by molar-refractivity contribution is 0.0795. The van der Waals surface area contributed by atoms with Gasteiger partial charge in [0.05, 0.1) is 7.11 Å². The molecule has 94 valence electrons. The van der Waals surface area contributed by atoms with Gasteiger partial charge in [-0.15, -0.1) is 0 Å². The summed E-state index contributed by atoms with van der Waals surface area (Å²) in [4.78, 5) is 13.5. The highest BCUT2D eigenvalue weighted by Gasteiger charge is 2.13. The Morgan fingerprint density at radius 3 is 2.76 bits per heavy atom. The van der Waals surface area contributed by atoms with Crippen molar-refractivity contribution in [1.82, 2.24) is 4.90 Å². The molecule has 0 aliphatic heterocycles.